The van der Waals surface area contributed by atoms with Gasteiger partial charge in [-0.05, 0) is 69.5 Å². The second kappa shape index (κ2) is 8.65. The van der Waals surface area contributed by atoms with Gasteiger partial charge in [-0.1, -0.05) is 6.42 Å². The van der Waals surface area contributed by atoms with Crippen molar-refractivity contribution in [2.75, 3.05) is 19.6 Å². The monoisotopic (exact) mass is 332 g/mol. The predicted octanol–water partition coefficient (Wildman–Crippen LogP) is 2.51. The number of hydrogen-bond acceptors (Lipinski definition) is 3. The van der Waals surface area contributed by atoms with E-state index in [2.05, 4.69) is 15.3 Å². The summed E-state index contributed by atoms with van der Waals surface area (Å²) in [5.74, 6) is 0.967. The highest BCUT2D eigenvalue weighted by atomic mass is 16.1. The molecule has 3 heterocycles. The molecule has 134 valence electrons. The smallest absolute Gasteiger partial charge is 0.220 e. The van der Waals surface area contributed by atoms with Crippen LogP contribution in [0, 0.1) is 5.92 Å². The van der Waals surface area contributed by atoms with Gasteiger partial charge < -0.3 is 10.2 Å². The van der Waals surface area contributed by atoms with Gasteiger partial charge in [0.2, 0.25) is 5.91 Å². The molecule has 5 nitrogen and oxygen atoms in total. The Morgan fingerprint density at radius 1 is 1.29 bits per heavy atom. The average molecular weight is 332 g/mol. The number of aryl methyl sites for hydroxylation is 2. The standard InChI is InChI=1S/C19H32N4O/c1-22-15-16(14-21-22)6-4-11-20-19(24)10-9-17-7-5-13-23-12-3-2-8-18(17)23/h14-15,17-18H,2-13H2,1H3,(H,20,24)/t17-,18+/m0/s1. The molecule has 2 aliphatic heterocycles. The van der Waals surface area contributed by atoms with Crippen molar-refractivity contribution in [3.8, 4) is 0 Å². The van der Waals surface area contributed by atoms with Crippen LogP contribution in [0.15, 0.2) is 12.4 Å². The molecule has 0 saturated carbocycles. The van der Waals surface area contributed by atoms with Crippen molar-refractivity contribution in [2.45, 2.75) is 63.8 Å². The maximum Gasteiger partial charge on any atom is 0.220 e. The van der Waals surface area contributed by atoms with Crippen LogP contribution in [0.5, 0.6) is 0 Å². The van der Waals surface area contributed by atoms with Crippen LogP contribution < -0.4 is 5.32 Å². The number of fused-ring (bicyclic) bond motifs is 1. The maximum absolute atomic E-state index is 12.1. The zero-order valence-electron chi connectivity index (χ0n) is 15.0. The molecule has 2 fully saturated rings. The summed E-state index contributed by atoms with van der Waals surface area (Å²) >= 11 is 0. The van der Waals surface area contributed by atoms with Gasteiger partial charge in [0.1, 0.15) is 0 Å². The molecule has 0 bridgehead atoms. The summed E-state index contributed by atoms with van der Waals surface area (Å²) in [6, 6.07) is 0.755. The minimum Gasteiger partial charge on any atom is -0.356 e. The first-order chi connectivity index (χ1) is 11.7. The first-order valence-electron chi connectivity index (χ1n) is 9.70. The number of nitrogens with one attached hydrogen (secondary N) is 1. The van der Waals surface area contributed by atoms with Gasteiger partial charge in [0.15, 0.2) is 0 Å². The summed E-state index contributed by atoms with van der Waals surface area (Å²) in [6.07, 6.45) is 14.4. The molecule has 0 radical (unpaired) electrons. The molecular weight excluding hydrogens is 300 g/mol. The maximum atomic E-state index is 12.1. The van der Waals surface area contributed by atoms with Crippen LogP contribution in [0.4, 0.5) is 0 Å². The molecule has 1 amide bonds. The van der Waals surface area contributed by atoms with Crippen molar-refractivity contribution in [3.05, 3.63) is 18.0 Å². The SMILES string of the molecule is Cn1cc(CCCNC(=O)CC[C@@H]2CCCN3CCCC[C@H]23)cn1. The van der Waals surface area contributed by atoms with Gasteiger partial charge in [-0.15, -0.1) is 0 Å². The van der Waals surface area contributed by atoms with E-state index in [0.717, 1.165) is 37.8 Å². The van der Waals surface area contributed by atoms with Gasteiger partial charge in [-0.25, -0.2) is 0 Å². The molecule has 0 unspecified atom stereocenters. The molecule has 1 aromatic heterocycles. The number of piperidine rings is 2. The Kier molecular flexibility index (Phi) is 6.30. The largest absolute Gasteiger partial charge is 0.356 e. The highest BCUT2D eigenvalue weighted by Crippen LogP contribution is 2.33. The molecule has 0 aliphatic carbocycles. The molecule has 2 atom stereocenters. The van der Waals surface area contributed by atoms with E-state index in [4.69, 9.17) is 0 Å². The van der Waals surface area contributed by atoms with Gasteiger partial charge in [-0.2, -0.15) is 5.10 Å². The van der Waals surface area contributed by atoms with Crippen molar-refractivity contribution >= 4 is 5.91 Å². The van der Waals surface area contributed by atoms with Gasteiger partial charge in [0, 0.05) is 32.3 Å². The minimum atomic E-state index is 0.231. The Balaban J connectivity index is 1.31. The summed E-state index contributed by atoms with van der Waals surface area (Å²) in [4.78, 5) is 14.8. The summed E-state index contributed by atoms with van der Waals surface area (Å²) in [5.41, 5.74) is 1.24. The van der Waals surface area contributed by atoms with E-state index >= 15 is 0 Å². The van der Waals surface area contributed by atoms with Gasteiger partial charge in [0.05, 0.1) is 6.20 Å². The second-order valence-electron chi connectivity index (χ2n) is 7.52. The van der Waals surface area contributed by atoms with Crippen LogP contribution in [-0.2, 0) is 18.3 Å². The normalized spacial score (nSPS) is 24.5. The van der Waals surface area contributed by atoms with E-state index in [-0.39, 0.29) is 5.91 Å². The number of carbonyl (C=O) groups excluding carboxylic acids is 1. The average Bonchev–Trinajstić information content (AvgIpc) is 3.02. The first kappa shape index (κ1) is 17.5. The summed E-state index contributed by atoms with van der Waals surface area (Å²) in [6.45, 7) is 3.33. The zero-order valence-corrected chi connectivity index (χ0v) is 15.0. The van der Waals surface area contributed by atoms with Gasteiger partial charge >= 0.3 is 0 Å². The Morgan fingerprint density at radius 3 is 3.00 bits per heavy atom. The fourth-order valence-electron chi connectivity index (χ4n) is 4.44. The lowest BCUT2D eigenvalue weighted by molar-refractivity contribution is -0.121. The highest BCUT2D eigenvalue weighted by molar-refractivity contribution is 5.75. The summed E-state index contributed by atoms with van der Waals surface area (Å²) in [5, 5.41) is 7.26. The van der Waals surface area contributed by atoms with Crippen molar-refractivity contribution in [3.63, 3.8) is 0 Å². The zero-order chi connectivity index (χ0) is 16.8. The lowest BCUT2D eigenvalue weighted by Crippen LogP contribution is -2.48. The van der Waals surface area contributed by atoms with E-state index in [1.807, 2.05) is 24.1 Å². The van der Waals surface area contributed by atoms with Crippen LogP contribution in [0.2, 0.25) is 0 Å². The third-order valence-electron chi connectivity index (χ3n) is 5.69. The van der Waals surface area contributed by atoms with Crippen LogP contribution in [0.25, 0.3) is 0 Å². The molecule has 1 aromatic rings. The quantitative estimate of drug-likeness (QED) is 0.781. The Labute approximate surface area is 145 Å². The van der Waals surface area contributed by atoms with E-state index < -0.39 is 0 Å². The predicted molar refractivity (Wildman–Crippen MR) is 95.7 cm³/mol. The van der Waals surface area contributed by atoms with Crippen LogP contribution in [0.3, 0.4) is 0 Å². The van der Waals surface area contributed by atoms with Crippen LogP contribution in [-0.4, -0.2) is 46.3 Å². The number of hydrogen-bond donors (Lipinski definition) is 1. The third kappa shape index (κ3) is 4.82. The number of carbonyl (C=O) groups is 1. The lowest BCUT2D eigenvalue weighted by Gasteiger charge is -2.44. The van der Waals surface area contributed by atoms with Crippen molar-refractivity contribution in [1.29, 1.82) is 0 Å². The Bertz CT molecular complexity index is 525. The van der Waals surface area contributed by atoms with E-state index in [1.54, 1.807) is 0 Å². The molecule has 0 spiro atoms. The highest BCUT2D eigenvalue weighted by Gasteiger charge is 2.32. The Morgan fingerprint density at radius 2 is 2.17 bits per heavy atom. The number of rotatable bonds is 7. The third-order valence-corrected chi connectivity index (χ3v) is 5.69. The number of aromatic nitrogens is 2. The topological polar surface area (TPSA) is 50.2 Å². The number of nitrogens with zero attached hydrogens (tertiary/aromatic N) is 3. The molecule has 24 heavy (non-hydrogen) atoms. The summed E-state index contributed by atoms with van der Waals surface area (Å²) in [7, 11) is 1.93. The van der Waals surface area contributed by atoms with E-state index in [1.165, 1.54) is 50.8 Å². The molecule has 3 rings (SSSR count). The van der Waals surface area contributed by atoms with E-state index in [9.17, 15) is 4.79 Å². The minimum absolute atomic E-state index is 0.231. The van der Waals surface area contributed by atoms with Gasteiger partial charge in [-0.3, -0.25) is 9.48 Å². The fourth-order valence-corrected chi connectivity index (χ4v) is 4.44. The molecule has 2 saturated heterocycles. The van der Waals surface area contributed by atoms with E-state index in [0.29, 0.717) is 6.42 Å². The molecular formula is C19H32N4O. The van der Waals surface area contributed by atoms with Crippen LogP contribution >= 0.6 is 0 Å². The molecule has 1 N–H and O–H groups in total. The van der Waals surface area contributed by atoms with Crippen molar-refractivity contribution < 1.29 is 4.79 Å². The van der Waals surface area contributed by atoms with Crippen molar-refractivity contribution in [2.24, 2.45) is 13.0 Å². The van der Waals surface area contributed by atoms with Crippen molar-refractivity contribution in [1.82, 2.24) is 20.0 Å². The second-order valence-corrected chi connectivity index (χ2v) is 7.52. The lowest BCUT2D eigenvalue weighted by atomic mass is 9.81. The fraction of sp³-hybridized carbons (Fsp3) is 0.789. The number of amides is 1. The summed E-state index contributed by atoms with van der Waals surface area (Å²) < 4.78 is 1.83. The molecule has 2 aliphatic rings. The van der Waals surface area contributed by atoms with Crippen LogP contribution in [0.1, 0.15) is 56.9 Å². The van der Waals surface area contributed by atoms with Gasteiger partial charge in [0.25, 0.3) is 0 Å². The molecule has 0 aromatic carbocycles. The first-order valence-corrected chi connectivity index (χ1v) is 9.70. The molecule has 5 heteroatoms. The Hall–Kier alpha value is -1.36.